The average Bonchev–Trinajstić information content (AvgIpc) is 2.78. The molecule has 1 aliphatic heterocycles. The van der Waals surface area contributed by atoms with Crippen LogP contribution in [0.5, 0.6) is 0 Å². The first-order chi connectivity index (χ1) is 8.13. The Kier molecular flexibility index (Phi) is 5.90. The Balaban J connectivity index is 2.26. The van der Waals surface area contributed by atoms with Crippen LogP contribution in [0.4, 0.5) is 4.79 Å². The SMILES string of the molecule is C=CCC(NC(=O)NCC1CCCS1)C(=O)O. The molecule has 0 aliphatic carbocycles. The van der Waals surface area contributed by atoms with E-state index in [-0.39, 0.29) is 6.42 Å². The lowest BCUT2D eigenvalue weighted by Gasteiger charge is -2.15. The molecule has 0 aromatic heterocycles. The van der Waals surface area contributed by atoms with E-state index in [4.69, 9.17) is 5.11 Å². The standard InChI is InChI=1S/C11H18N2O3S/c1-2-4-9(10(14)15)13-11(16)12-7-8-5-3-6-17-8/h2,8-9H,1,3-7H2,(H,14,15)(H2,12,13,16). The quantitative estimate of drug-likeness (QED) is 0.626. The van der Waals surface area contributed by atoms with Crippen molar-refractivity contribution in [2.45, 2.75) is 30.6 Å². The summed E-state index contributed by atoms with van der Waals surface area (Å²) in [6, 6.07) is -1.32. The monoisotopic (exact) mass is 258 g/mol. The summed E-state index contributed by atoms with van der Waals surface area (Å²) in [5, 5.41) is 14.4. The number of nitrogens with one attached hydrogen (secondary N) is 2. The van der Waals surface area contributed by atoms with E-state index in [1.54, 1.807) is 0 Å². The molecule has 3 N–H and O–H groups in total. The lowest BCUT2D eigenvalue weighted by molar-refractivity contribution is -0.139. The van der Waals surface area contributed by atoms with Crippen LogP contribution in [-0.2, 0) is 4.79 Å². The number of amides is 2. The second-order valence-electron chi connectivity index (χ2n) is 3.90. The Hall–Kier alpha value is -1.17. The van der Waals surface area contributed by atoms with Crippen LogP contribution >= 0.6 is 11.8 Å². The van der Waals surface area contributed by atoms with Gasteiger partial charge in [0, 0.05) is 11.8 Å². The van der Waals surface area contributed by atoms with Crippen LogP contribution in [0, 0.1) is 0 Å². The molecule has 2 unspecified atom stereocenters. The van der Waals surface area contributed by atoms with Crippen LogP contribution in [0.25, 0.3) is 0 Å². The van der Waals surface area contributed by atoms with Gasteiger partial charge < -0.3 is 15.7 Å². The average molecular weight is 258 g/mol. The van der Waals surface area contributed by atoms with Crippen LogP contribution in [-0.4, -0.2) is 40.7 Å². The molecule has 0 bridgehead atoms. The fourth-order valence-electron chi connectivity index (χ4n) is 1.61. The zero-order chi connectivity index (χ0) is 12.7. The van der Waals surface area contributed by atoms with Gasteiger partial charge in [-0.1, -0.05) is 6.08 Å². The molecule has 1 saturated heterocycles. The van der Waals surface area contributed by atoms with Gasteiger partial charge in [-0.2, -0.15) is 11.8 Å². The first-order valence-corrected chi connectivity index (χ1v) is 6.68. The minimum absolute atomic E-state index is 0.223. The zero-order valence-corrected chi connectivity index (χ0v) is 10.5. The van der Waals surface area contributed by atoms with E-state index in [1.807, 2.05) is 11.8 Å². The summed E-state index contributed by atoms with van der Waals surface area (Å²) >= 11 is 1.84. The fourth-order valence-corrected chi connectivity index (χ4v) is 2.81. The third-order valence-corrected chi connectivity index (χ3v) is 3.92. The van der Waals surface area contributed by atoms with Crippen LogP contribution in [0.3, 0.4) is 0 Å². The summed E-state index contributed by atoms with van der Waals surface area (Å²) in [5.74, 6) is 0.0950. The molecule has 5 nitrogen and oxygen atoms in total. The van der Waals surface area contributed by atoms with Crippen molar-refractivity contribution in [2.75, 3.05) is 12.3 Å². The Morgan fingerprint density at radius 2 is 2.35 bits per heavy atom. The minimum atomic E-state index is -1.05. The number of hydrogen-bond acceptors (Lipinski definition) is 3. The summed E-state index contributed by atoms with van der Waals surface area (Å²) in [7, 11) is 0. The molecule has 17 heavy (non-hydrogen) atoms. The highest BCUT2D eigenvalue weighted by atomic mass is 32.2. The van der Waals surface area contributed by atoms with Gasteiger partial charge in [0.1, 0.15) is 6.04 Å². The predicted octanol–water partition coefficient (Wildman–Crippen LogP) is 1.21. The minimum Gasteiger partial charge on any atom is -0.480 e. The molecule has 96 valence electrons. The molecule has 6 heteroatoms. The van der Waals surface area contributed by atoms with Crippen molar-refractivity contribution in [3.63, 3.8) is 0 Å². The van der Waals surface area contributed by atoms with Crippen molar-refractivity contribution in [1.82, 2.24) is 10.6 Å². The largest absolute Gasteiger partial charge is 0.480 e. The topological polar surface area (TPSA) is 78.4 Å². The summed E-state index contributed by atoms with van der Waals surface area (Å²) in [6.07, 6.45) is 4.00. The van der Waals surface area contributed by atoms with Gasteiger partial charge in [-0.3, -0.25) is 0 Å². The molecule has 0 aromatic rings. The van der Waals surface area contributed by atoms with E-state index < -0.39 is 18.0 Å². The van der Waals surface area contributed by atoms with Crippen LogP contribution in [0.1, 0.15) is 19.3 Å². The maximum Gasteiger partial charge on any atom is 0.326 e. The molecule has 1 rings (SSSR count). The normalized spacial score (nSPS) is 20.6. The smallest absolute Gasteiger partial charge is 0.326 e. The van der Waals surface area contributed by atoms with Gasteiger partial charge in [0.25, 0.3) is 0 Å². The van der Waals surface area contributed by atoms with E-state index in [0.717, 1.165) is 12.2 Å². The van der Waals surface area contributed by atoms with E-state index in [9.17, 15) is 9.59 Å². The highest BCUT2D eigenvalue weighted by molar-refractivity contribution is 8.00. The number of thioether (sulfide) groups is 1. The van der Waals surface area contributed by atoms with Gasteiger partial charge in [0.05, 0.1) is 0 Å². The second kappa shape index (κ2) is 7.21. The molecular weight excluding hydrogens is 240 g/mol. The zero-order valence-electron chi connectivity index (χ0n) is 9.65. The first-order valence-electron chi connectivity index (χ1n) is 5.63. The fraction of sp³-hybridized carbons (Fsp3) is 0.636. The number of carbonyl (C=O) groups excluding carboxylic acids is 1. The van der Waals surface area contributed by atoms with Crippen LogP contribution < -0.4 is 10.6 Å². The Morgan fingerprint density at radius 3 is 2.88 bits per heavy atom. The highest BCUT2D eigenvalue weighted by Gasteiger charge is 2.20. The molecule has 0 radical (unpaired) electrons. The molecule has 2 atom stereocenters. The van der Waals surface area contributed by atoms with E-state index in [1.165, 1.54) is 12.5 Å². The number of hydrogen-bond donors (Lipinski definition) is 3. The van der Waals surface area contributed by atoms with E-state index in [2.05, 4.69) is 17.2 Å². The molecule has 1 fully saturated rings. The summed E-state index contributed by atoms with van der Waals surface area (Å²) < 4.78 is 0. The third kappa shape index (κ3) is 5.12. The van der Waals surface area contributed by atoms with Crippen molar-refractivity contribution in [2.24, 2.45) is 0 Å². The summed E-state index contributed by atoms with van der Waals surface area (Å²) in [6.45, 7) is 4.05. The lowest BCUT2D eigenvalue weighted by Crippen LogP contribution is -2.47. The van der Waals surface area contributed by atoms with Crippen LogP contribution in [0.15, 0.2) is 12.7 Å². The van der Waals surface area contributed by atoms with Gasteiger partial charge in [0.2, 0.25) is 0 Å². The second-order valence-corrected chi connectivity index (χ2v) is 5.31. The molecular formula is C11H18N2O3S. The molecule has 0 saturated carbocycles. The first kappa shape index (κ1) is 13.9. The predicted molar refractivity (Wildman–Crippen MR) is 68.3 cm³/mol. The highest BCUT2D eigenvalue weighted by Crippen LogP contribution is 2.25. The number of aliphatic carboxylic acids is 1. The lowest BCUT2D eigenvalue weighted by atomic mass is 10.2. The van der Waals surface area contributed by atoms with E-state index >= 15 is 0 Å². The Labute approximate surface area is 105 Å². The number of carbonyl (C=O) groups is 2. The van der Waals surface area contributed by atoms with Crippen molar-refractivity contribution in [3.8, 4) is 0 Å². The van der Waals surface area contributed by atoms with Crippen LogP contribution in [0.2, 0.25) is 0 Å². The Bertz CT molecular complexity index is 290. The molecule has 1 heterocycles. The van der Waals surface area contributed by atoms with Gasteiger partial charge in [0.15, 0.2) is 0 Å². The van der Waals surface area contributed by atoms with Gasteiger partial charge in [-0.15, -0.1) is 6.58 Å². The molecule has 1 aliphatic rings. The number of carboxylic acids is 1. The number of rotatable bonds is 6. The molecule has 0 aromatic carbocycles. The van der Waals surface area contributed by atoms with Crippen molar-refractivity contribution < 1.29 is 14.7 Å². The Morgan fingerprint density at radius 1 is 1.59 bits per heavy atom. The maximum atomic E-state index is 11.5. The number of urea groups is 1. The van der Waals surface area contributed by atoms with E-state index in [0.29, 0.717) is 11.8 Å². The molecule has 2 amide bonds. The van der Waals surface area contributed by atoms with Crippen molar-refractivity contribution in [1.29, 1.82) is 0 Å². The summed E-state index contributed by atoms with van der Waals surface area (Å²) in [4.78, 5) is 22.3. The number of carboxylic acid groups (broad SMARTS) is 1. The van der Waals surface area contributed by atoms with Crippen molar-refractivity contribution in [3.05, 3.63) is 12.7 Å². The van der Waals surface area contributed by atoms with Crippen molar-refractivity contribution >= 4 is 23.8 Å². The summed E-state index contributed by atoms with van der Waals surface area (Å²) in [5.41, 5.74) is 0. The van der Waals surface area contributed by atoms with Gasteiger partial charge in [-0.25, -0.2) is 9.59 Å². The molecule has 0 spiro atoms. The van der Waals surface area contributed by atoms with Gasteiger partial charge >= 0.3 is 12.0 Å². The maximum absolute atomic E-state index is 11.5. The third-order valence-electron chi connectivity index (χ3n) is 2.52. The van der Waals surface area contributed by atoms with Gasteiger partial charge in [-0.05, 0) is 25.0 Å².